The van der Waals surface area contributed by atoms with Gasteiger partial charge in [-0.3, -0.25) is 0 Å². The Hall–Kier alpha value is -2.14. The summed E-state index contributed by atoms with van der Waals surface area (Å²) >= 11 is 0. The van der Waals surface area contributed by atoms with Gasteiger partial charge in [-0.1, -0.05) is 57.4 Å². The van der Waals surface area contributed by atoms with Crippen molar-refractivity contribution in [2.45, 2.75) is 58.8 Å². The first-order chi connectivity index (χ1) is 13.5. The third-order valence-electron chi connectivity index (χ3n) is 6.17. The maximum absolute atomic E-state index is 14.5. The van der Waals surface area contributed by atoms with Crippen LogP contribution in [0.3, 0.4) is 0 Å². The average molecular weight is 381 g/mol. The van der Waals surface area contributed by atoms with Gasteiger partial charge in [-0.15, -0.1) is 0 Å². The number of halogens is 2. The van der Waals surface area contributed by atoms with E-state index in [-0.39, 0.29) is 11.6 Å². The van der Waals surface area contributed by atoms with Crippen LogP contribution < -0.4 is 0 Å². The molecule has 0 saturated heterocycles. The van der Waals surface area contributed by atoms with Crippen molar-refractivity contribution in [1.82, 2.24) is 0 Å². The summed E-state index contributed by atoms with van der Waals surface area (Å²) in [7, 11) is 0. The van der Waals surface area contributed by atoms with Gasteiger partial charge in [0.15, 0.2) is 0 Å². The largest absolute Gasteiger partial charge is 0.207 e. The Kier molecular flexibility index (Phi) is 7.26. The molecule has 2 heteroatoms. The van der Waals surface area contributed by atoms with Crippen molar-refractivity contribution in [3.8, 4) is 11.8 Å². The normalized spacial score (nSPS) is 20.3. The van der Waals surface area contributed by atoms with Crippen molar-refractivity contribution in [1.29, 1.82) is 0 Å². The van der Waals surface area contributed by atoms with Crippen molar-refractivity contribution in [2.24, 2.45) is 17.8 Å². The van der Waals surface area contributed by atoms with Crippen LogP contribution in [0.15, 0.2) is 42.5 Å². The van der Waals surface area contributed by atoms with Gasteiger partial charge >= 0.3 is 0 Å². The number of benzene rings is 2. The number of hydrogen-bond donors (Lipinski definition) is 0. The van der Waals surface area contributed by atoms with Gasteiger partial charge in [-0.05, 0) is 79.0 Å². The molecular weight excluding hydrogens is 350 g/mol. The molecule has 0 bridgehead atoms. The third kappa shape index (κ3) is 5.68. The van der Waals surface area contributed by atoms with Gasteiger partial charge in [0.25, 0.3) is 0 Å². The van der Waals surface area contributed by atoms with E-state index in [0.717, 1.165) is 23.8 Å². The van der Waals surface area contributed by atoms with Gasteiger partial charge in [-0.2, -0.15) is 0 Å². The van der Waals surface area contributed by atoms with Crippen molar-refractivity contribution in [3.63, 3.8) is 0 Å². The Morgan fingerprint density at radius 1 is 0.964 bits per heavy atom. The minimum atomic E-state index is -0.297. The van der Waals surface area contributed by atoms with Gasteiger partial charge in [0.05, 0.1) is 5.56 Å². The molecule has 1 fully saturated rings. The third-order valence-corrected chi connectivity index (χ3v) is 6.17. The summed E-state index contributed by atoms with van der Waals surface area (Å²) in [5.74, 6) is 7.45. The van der Waals surface area contributed by atoms with Crippen molar-refractivity contribution < 1.29 is 8.78 Å². The molecule has 28 heavy (non-hydrogen) atoms. The summed E-state index contributed by atoms with van der Waals surface area (Å²) in [5, 5.41) is 0. The minimum absolute atomic E-state index is 0.272. The molecule has 0 nitrogen and oxygen atoms in total. The lowest BCUT2D eigenvalue weighted by Gasteiger charge is -2.32. The van der Waals surface area contributed by atoms with E-state index in [1.54, 1.807) is 24.3 Å². The first-order valence-corrected chi connectivity index (χ1v) is 10.6. The second kappa shape index (κ2) is 9.87. The van der Waals surface area contributed by atoms with E-state index in [9.17, 15) is 8.78 Å². The zero-order chi connectivity index (χ0) is 19.9. The molecule has 1 saturated carbocycles. The van der Waals surface area contributed by atoms with Crippen LogP contribution in [0, 0.1) is 41.2 Å². The molecule has 1 atom stereocenters. The molecule has 1 aliphatic carbocycles. The first kappa shape index (κ1) is 20.6. The molecule has 2 aromatic carbocycles. The molecule has 1 unspecified atom stereocenters. The van der Waals surface area contributed by atoms with Crippen LogP contribution in [0.4, 0.5) is 8.78 Å². The van der Waals surface area contributed by atoms with E-state index in [4.69, 9.17) is 0 Å². The predicted molar refractivity (Wildman–Crippen MR) is 112 cm³/mol. The monoisotopic (exact) mass is 380 g/mol. The molecule has 0 amide bonds. The zero-order valence-electron chi connectivity index (χ0n) is 17.0. The molecule has 148 valence electrons. The summed E-state index contributed by atoms with van der Waals surface area (Å²) in [6, 6.07) is 11.3. The fourth-order valence-corrected chi connectivity index (χ4v) is 4.45. The molecule has 3 rings (SSSR count). The van der Waals surface area contributed by atoms with Gasteiger partial charge in [0.1, 0.15) is 11.6 Å². The fraction of sp³-hybridized carbons (Fsp3) is 0.462. The first-order valence-electron chi connectivity index (χ1n) is 10.6. The quantitative estimate of drug-likeness (QED) is 0.483. The highest BCUT2D eigenvalue weighted by molar-refractivity contribution is 5.44. The second-order valence-corrected chi connectivity index (χ2v) is 8.32. The van der Waals surface area contributed by atoms with Gasteiger partial charge < -0.3 is 0 Å². The molecular formula is C26H30F2. The molecule has 0 radical (unpaired) electrons. The highest BCUT2D eigenvalue weighted by Gasteiger charge is 2.25. The van der Waals surface area contributed by atoms with Crippen LogP contribution >= 0.6 is 0 Å². The lowest BCUT2D eigenvalue weighted by molar-refractivity contribution is 0.206. The van der Waals surface area contributed by atoms with Crippen LogP contribution in [-0.2, 0) is 6.42 Å². The highest BCUT2D eigenvalue weighted by atomic mass is 19.1. The smallest absolute Gasteiger partial charge is 0.139 e. The van der Waals surface area contributed by atoms with E-state index in [0.29, 0.717) is 17.0 Å². The zero-order valence-corrected chi connectivity index (χ0v) is 17.0. The summed E-state index contributed by atoms with van der Waals surface area (Å²) in [6.45, 7) is 4.59. The topological polar surface area (TPSA) is 0 Å². The van der Waals surface area contributed by atoms with E-state index in [2.05, 4.69) is 25.7 Å². The molecule has 2 aromatic rings. The maximum Gasteiger partial charge on any atom is 0.139 e. The highest BCUT2D eigenvalue weighted by Crippen LogP contribution is 2.36. The lowest BCUT2D eigenvalue weighted by atomic mass is 9.74. The fourth-order valence-electron chi connectivity index (χ4n) is 4.45. The standard InChI is InChI=1S/C26H30F2/c1-3-4-20-5-11-23(12-6-20)19(2)17-22-8-14-24(26(28)18-22)13-7-21-9-15-25(27)16-10-21/h8-10,14-16,18-20,23H,3-6,11-12,17H2,1-2H3. The Balaban J connectivity index is 1.59. The average Bonchev–Trinajstić information content (AvgIpc) is 2.69. The molecule has 0 heterocycles. The molecule has 0 aliphatic heterocycles. The van der Waals surface area contributed by atoms with Gasteiger partial charge in [0.2, 0.25) is 0 Å². The number of rotatable bonds is 5. The summed E-state index contributed by atoms with van der Waals surface area (Å²) < 4.78 is 27.4. The number of hydrogen-bond acceptors (Lipinski definition) is 0. The second-order valence-electron chi connectivity index (χ2n) is 8.32. The van der Waals surface area contributed by atoms with Crippen molar-refractivity contribution in [2.75, 3.05) is 0 Å². The Labute approximate surface area is 168 Å². The van der Waals surface area contributed by atoms with Crippen LogP contribution in [0.25, 0.3) is 0 Å². The van der Waals surface area contributed by atoms with Crippen LogP contribution in [0.1, 0.15) is 69.1 Å². The minimum Gasteiger partial charge on any atom is -0.207 e. The lowest BCUT2D eigenvalue weighted by Crippen LogP contribution is -2.21. The SMILES string of the molecule is CCCC1CCC(C(C)Cc2ccc(C#Cc3ccc(F)cc3)c(F)c2)CC1. The Bertz CT molecular complexity index is 818. The summed E-state index contributed by atoms with van der Waals surface area (Å²) in [5.41, 5.74) is 2.12. The van der Waals surface area contributed by atoms with Gasteiger partial charge in [-0.25, -0.2) is 8.78 Å². The maximum atomic E-state index is 14.5. The summed E-state index contributed by atoms with van der Waals surface area (Å²) in [4.78, 5) is 0. The molecule has 0 N–H and O–H groups in total. The van der Waals surface area contributed by atoms with E-state index in [1.807, 2.05) is 6.07 Å². The predicted octanol–water partition coefficient (Wildman–Crippen LogP) is 7.15. The van der Waals surface area contributed by atoms with E-state index in [1.165, 1.54) is 50.7 Å². The van der Waals surface area contributed by atoms with Gasteiger partial charge in [0, 0.05) is 5.56 Å². The van der Waals surface area contributed by atoms with Crippen LogP contribution in [-0.4, -0.2) is 0 Å². The summed E-state index contributed by atoms with van der Waals surface area (Å²) in [6.07, 6.45) is 8.92. The van der Waals surface area contributed by atoms with Crippen molar-refractivity contribution in [3.05, 3.63) is 70.8 Å². The van der Waals surface area contributed by atoms with Crippen LogP contribution in [0.5, 0.6) is 0 Å². The Morgan fingerprint density at radius 2 is 1.68 bits per heavy atom. The van der Waals surface area contributed by atoms with E-state index < -0.39 is 0 Å². The molecule has 1 aliphatic rings. The van der Waals surface area contributed by atoms with E-state index >= 15 is 0 Å². The van der Waals surface area contributed by atoms with Crippen LogP contribution in [0.2, 0.25) is 0 Å². The Morgan fingerprint density at radius 3 is 2.32 bits per heavy atom. The molecule has 0 aromatic heterocycles. The van der Waals surface area contributed by atoms with Crippen molar-refractivity contribution >= 4 is 0 Å². The molecule has 0 spiro atoms.